The molecule has 2 aromatic rings. The van der Waals surface area contributed by atoms with Gasteiger partial charge in [-0.05, 0) is 32.4 Å². The lowest BCUT2D eigenvalue weighted by atomic mass is 10.3. The second kappa shape index (κ2) is 6.23. The zero-order valence-corrected chi connectivity index (χ0v) is 12.0. The van der Waals surface area contributed by atoms with Crippen LogP contribution in [0.15, 0.2) is 24.3 Å². The normalized spacial score (nSPS) is 10.3. The number of anilines is 1. The van der Waals surface area contributed by atoms with E-state index in [0.29, 0.717) is 35.6 Å². The maximum absolute atomic E-state index is 5.84. The minimum absolute atomic E-state index is 0.430. The van der Waals surface area contributed by atoms with E-state index >= 15 is 0 Å². The fourth-order valence-electron chi connectivity index (χ4n) is 1.69. The van der Waals surface area contributed by atoms with Crippen LogP contribution in [0.2, 0.25) is 0 Å². The first-order chi connectivity index (χ1) is 9.61. The molecular weight excluding hydrogens is 254 g/mol. The van der Waals surface area contributed by atoms with E-state index in [1.54, 1.807) is 6.92 Å². The predicted octanol–water partition coefficient (Wildman–Crippen LogP) is 3.26. The third-order valence-electron chi connectivity index (χ3n) is 2.77. The second-order valence-electron chi connectivity index (χ2n) is 4.48. The molecule has 0 fully saturated rings. The van der Waals surface area contributed by atoms with Crippen molar-refractivity contribution in [3.8, 4) is 17.4 Å². The first kappa shape index (κ1) is 14.1. The summed E-state index contributed by atoms with van der Waals surface area (Å²) in [6.07, 6.45) is 0.937. The van der Waals surface area contributed by atoms with Gasteiger partial charge in [-0.3, -0.25) is 0 Å². The monoisotopic (exact) mass is 273 g/mol. The molecular formula is C15H19N3O2. The summed E-state index contributed by atoms with van der Waals surface area (Å²) >= 11 is 0. The molecule has 0 atom stereocenters. The number of nitrogens with two attached hydrogens (primary N) is 1. The number of hydrogen-bond acceptors (Lipinski definition) is 5. The average Bonchev–Trinajstić information content (AvgIpc) is 2.43. The van der Waals surface area contributed by atoms with E-state index in [4.69, 9.17) is 15.2 Å². The molecule has 0 aliphatic heterocycles. The highest BCUT2D eigenvalue weighted by molar-refractivity contribution is 5.48. The highest BCUT2D eigenvalue weighted by Gasteiger charge is 2.12. The lowest BCUT2D eigenvalue weighted by Crippen LogP contribution is -2.03. The van der Waals surface area contributed by atoms with E-state index in [1.807, 2.05) is 31.2 Å². The fraction of sp³-hybridized carbons (Fsp3) is 0.333. The highest BCUT2D eigenvalue weighted by Crippen LogP contribution is 2.32. The number of nitrogen functional groups attached to an aromatic ring is 1. The number of aromatic nitrogens is 2. The van der Waals surface area contributed by atoms with Crippen LogP contribution in [-0.2, 0) is 0 Å². The van der Waals surface area contributed by atoms with Gasteiger partial charge in [-0.25, -0.2) is 4.98 Å². The van der Waals surface area contributed by atoms with Crippen molar-refractivity contribution in [2.24, 2.45) is 0 Å². The van der Waals surface area contributed by atoms with Gasteiger partial charge in [0.2, 0.25) is 5.88 Å². The van der Waals surface area contributed by atoms with Gasteiger partial charge < -0.3 is 15.2 Å². The number of rotatable bonds is 5. The molecule has 0 unspecified atom stereocenters. The quantitative estimate of drug-likeness (QED) is 0.905. The summed E-state index contributed by atoms with van der Waals surface area (Å²) < 4.78 is 11.5. The lowest BCUT2D eigenvalue weighted by Gasteiger charge is -2.13. The summed E-state index contributed by atoms with van der Waals surface area (Å²) in [6.45, 7) is 6.31. The van der Waals surface area contributed by atoms with Crippen molar-refractivity contribution in [2.45, 2.75) is 27.2 Å². The summed E-state index contributed by atoms with van der Waals surface area (Å²) in [5.74, 6) is 2.79. The van der Waals surface area contributed by atoms with Crippen LogP contribution in [0, 0.1) is 13.8 Å². The maximum atomic E-state index is 5.84. The zero-order valence-electron chi connectivity index (χ0n) is 12.0. The summed E-state index contributed by atoms with van der Waals surface area (Å²) in [7, 11) is 0. The third kappa shape index (κ3) is 3.17. The minimum Gasteiger partial charge on any atom is -0.490 e. The van der Waals surface area contributed by atoms with Gasteiger partial charge in [-0.15, -0.1) is 0 Å². The molecule has 0 aliphatic rings. The van der Waals surface area contributed by atoms with Crippen LogP contribution in [0.1, 0.15) is 24.7 Å². The molecule has 5 nitrogen and oxygen atoms in total. The molecule has 1 aromatic carbocycles. The Morgan fingerprint density at radius 3 is 2.50 bits per heavy atom. The topological polar surface area (TPSA) is 70.3 Å². The van der Waals surface area contributed by atoms with Crippen molar-refractivity contribution in [1.82, 2.24) is 9.97 Å². The van der Waals surface area contributed by atoms with Crippen molar-refractivity contribution in [2.75, 3.05) is 12.3 Å². The fourth-order valence-corrected chi connectivity index (χ4v) is 1.69. The average molecular weight is 273 g/mol. The number of para-hydroxylation sites is 2. The Morgan fingerprint density at radius 2 is 1.80 bits per heavy atom. The molecule has 106 valence electrons. The summed E-state index contributed by atoms with van der Waals surface area (Å²) in [5.41, 5.74) is 6.55. The van der Waals surface area contributed by atoms with Crippen LogP contribution in [0.4, 0.5) is 5.82 Å². The van der Waals surface area contributed by atoms with Crippen molar-refractivity contribution < 1.29 is 9.47 Å². The van der Waals surface area contributed by atoms with Gasteiger partial charge in [0.25, 0.3) is 0 Å². The highest BCUT2D eigenvalue weighted by atomic mass is 16.5. The van der Waals surface area contributed by atoms with Gasteiger partial charge in [-0.1, -0.05) is 19.1 Å². The molecule has 2 N–H and O–H groups in total. The number of aryl methyl sites for hydroxylation is 1. The van der Waals surface area contributed by atoms with Gasteiger partial charge in [0.15, 0.2) is 11.5 Å². The summed E-state index contributed by atoms with van der Waals surface area (Å²) in [5, 5.41) is 0. The van der Waals surface area contributed by atoms with Gasteiger partial charge in [-0.2, -0.15) is 4.98 Å². The smallest absolute Gasteiger partial charge is 0.227 e. The SMILES string of the molecule is CCCOc1ccccc1Oc1nc(C)nc(N)c1C. The predicted molar refractivity (Wildman–Crippen MR) is 78.2 cm³/mol. The van der Waals surface area contributed by atoms with Crippen molar-refractivity contribution in [1.29, 1.82) is 0 Å². The molecule has 0 amide bonds. The Morgan fingerprint density at radius 1 is 1.10 bits per heavy atom. The van der Waals surface area contributed by atoms with E-state index in [2.05, 4.69) is 16.9 Å². The molecule has 20 heavy (non-hydrogen) atoms. The van der Waals surface area contributed by atoms with Crippen molar-refractivity contribution in [3.05, 3.63) is 35.7 Å². The van der Waals surface area contributed by atoms with Crippen molar-refractivity contribution in [3.63, 3.8) is 0 Å². The number of ether oxygens (including phenoxy) is 2. The van der Waals surface area contributed by atoms with Crippen LogP contribution >= 0.6 is 0 Å². The van der Waals surface area contributed by atoms with Crippen LogP contribution in [-0.4, -0.2) is 16.6 Å². The lowest BCUT2D eigenvalue weighted by molar-refractivity contribution is 0.300. The molecule has 2 rings (SSSR count). The van der Waals surface area contributed by atoms with E-state index < -0.39 is 0 Å². The number of benzene rings is 1. The van der Waals surface area contributed by atoms with Crippen molar-refractivity contribution >= 4 is 5.82 Å². The second-order valence-corrected chi connectivity index (χ2v) is 4.48. The first-order valence-corrected chi connectivity index (χ1v) is 6.62. The molecule has 0 aliphatic carbocycles. The molecule has 1 aromatic heterocycles. The molecule has 0 bridgehead atoms. The Labute approximate surface area is 118 Å². The maximum Gasteiger partial charge on any atom is 0.227 e. The van der Waals surface area contributed by atoms with Crippen LogP contribution < -0.4 is 15.2 Å². The largest absolute Gasteiger partial charge is 0.490 e. The van der Waals surface area contributed by atoms with E-state index in [0.717, 1.165) is 12.0 Å². The Bertz CT molecular complexity index is 600. The van der Waals surface area contributed by atoms with E-state index in [9.17, 15) is 0 Å². The zero-order chi connectivity index (χ0) is 14.5. The van der Waals surface area contributed by atoms with Gasteiger partial charge >= 0.3 is 0 Å². The first-order valence-electron chi connectivity index (χ1n) is 6.62. The van der Waals surface area contributed by atoms with Crippen LogP contribution in [0.5, 0.6) is 17.4 Å². The summed E-state index contributed by atoms with van der Waals surface area (Å²) in [6, 6.07) is 7.51. The molecule has 0 radical (unpaired) electrons. The third-order valence-corrected chi connectivity index (χ3v) is 2.77. The summed E-state index contributed by atoms with van der Waals surface area (Å²) in [4.78, 5) is 8.38. The van der Waals surface area contributed by atoms with E-state index in [-0.39, 0.29) is 0 Å². The molecule has 0 spiro atoms. The van der Waals surface area contributed by atoms with Gasteiger partial charge in [0, 0.05) is 0 Å². The van der Waals surface area contributed by atoms with Gasteiger partial charge in [0.05, 0.1) is 12.2 Å². The molecule has 5 heteroatoms. The molecule has 0 saturated heterocycles. The van der Waals surface area contributed by atoms with Gasteiger partial charge in [0.1, 0.15) is 11.6 Å². The number of nitrogens with zero attached hydrogens (tertiary/aromatic N) is 2. The standard InChI is InChI=1S/C15H19N3O2/c1-4-9-19-12-7-5-6-8-13(12)20-15-10(2)14(16)17-11(3)18-15/h5-8H,4,9H2,1-3H3,(H2,16,17,18). The van der Waals surface area contributed by atoms with E-state index in [1.165, 1.54) is 0 Å². The Balaban J connectivity index is 2.30. The molecule has 1 heterocycles. The number of hydrogen-bond donors (Lipinski definition) is 1. The Kier molecular flexibility index (Phi) is 4.40. The minimum atomic E-state index is 0.430. The van der Waals surface area contributed by atoms with Crippen LogP contribution in [0.25, 0.3) is 0 Å². The molecule has 0 saturated carbocycles. The Hall–Kier alpha value is -2.30. The van der Waals surface area contributed by atoms with Crippen LogP contribution in [0.3, 0.4) is 0 Å².